The summed E-state index contributed by atoms with van der Waals surface area (Å²) in [6.45, 7) is 4.87. The van der Waals surface area contributed by atoms with E-state index < -0.39 is 0 Å². The maximum absolute atomic E-state index is 11.0. The fraction of sp³-hybridized carbons (Fsp3) is 0.500. The second kappa shape index (κ2) is 7.72. The highest BCUT2D eigenvalue weighted by Crippen LogP contribution is 2.39. The van der Waals surface area contributed by atoms with Crippen molar-refractivity contribution in [2.24, 2.45) is 5.92 Å². The maximum Gasteiger partial charge on any atom is 0.168 e. The van der Waals surface area contributed by atoms with Crippen LogP contribution in [0.4, 0.5) is 0 Å². The molecule has 0 amide bonds. The number of para-hydroxylation sites is 1. The van der Waals surface area contributed by atoms with Gasteiger partial charge in [-0.15, -0.1) is 0 Å². The fourth-order valence-corrected chi connectivity index (χ4v) is 3.78. The zero-order valence-corrected chi connectivity index (χ0v) is 14.9. The molecule has 2 aromatic rings. The Bertz CT molecular complexity index is 723. The van der Waals surface area contributed by atoms with Gasteiger partial charge in [0.2, 0.25) is 0 Å². The van der Waals surface area contributed by atoms with Crippen molar-refractivity contribution >= 4 is 6.29 Å². The average Bonchev–Trinajstić information content (AvgIpc) is 3.11. The van der Waals surface area contributed by atoms with Gasteiger partial charge in [0.1, 0.15) is 0 Å². The quantitative estimate of drug-likeness (QED) is 0.793. The number of aldehydes is 1. The minimum Gasteiger partial charge on any atom is -0.504 e. The largest absolute Gasteiger partial charge is 0.504 e. The van der Waals surface area contributed by atoms with Crippen LogP contribution in [-0.4, -0.2) is 27.6 Å². The van der Waals surface area contributed by atoms with E-state index in [1.807, 2.05) is 12.5 Å². The molecule has 25 heavy (non-hydrogen) atoms. The highest BCUT2D eigenvalue weighted by Gasteiger charge is 2.30. The Kier molecular flexibility index (Phi) is 5.41. The van der Waals surface area contributed by atoms with Crippen molar-refractivity contribution in [3.05, 3.63) is 42.0 Å². The summed E-state index contributed by atoms with van der Waals surface area (Å²) in [5, 5.41) is 10.1. The van der Waals surface area contributed by atoms with Gasteiger partial charge < -0.3 is 14.4 Å². The lowest BCUT2D eigenvalue weighted by atomic mass is 9.78. The molecule has 0 saturated heterocycles. The van der Waals surface area contributed by atoms with Gasteiger partial charge in [0, 0.05) is 29.8 Å². The molecule has 2 unspecified atom stereocenters. The predicted octanol–water partition coefficient (Wildman–Crippen LogP) is 4.33. The molecule has 1 aliphatic carbocycles. The summed E-state index contributed by atoms with van der Waals surface area (Å²) in [4.78, 5) is 15.3. The number of imidazole rings is 1. The van der Waals surface area contributed by atoms with Crippen molar-refractivity contribution < 1.29 is 14.6 Å². The van der Waals surface area contributed by atoms with Crippen molar-refractivity contribution in [3.8, 4) is 11.5 Å². The first-order chi connectivity index (χ1) is 12.1. The van der Waals surface area contributed by atoms with Gasteiger partial charge in [-0.3, -0.25) is 4.79 Å². The number of aromatic nitrogens is 2. The average molecular weight is 342 g/mol. The zero-order chi connectivity index (χ0) is 17.8. The van der Waals surface area contributed by atoms with Gasteiger partial charge in [0.25, 0.3) is 0 Å². The molecule has 5 nitrogen and oxygen atoms in total. The second-order valence-electron chi connectivity index (χ2n) is 7.09. The normalized spacial score (nSPS) is 20.6. The third kappa shape index (κ3) is 3.70. The summed E-state index contributed by atoms with van der Waals surface area (Å²) in [6.07, 6.45) is 9.18. The van der Waals surface area contributed by atoms with Crippen LogP contribution in [0.1, 0.15) is 67.5 Å². The topological polar surface area (TPSA) is 64.4 Å². The lowest BCUT2D eigenvalue weighted by Gasteiger charge is -2.32. The third-order valence-electron chi connectivity index (χ3n) is 5.15. The Hall–Kier alpha value is -2.30. The number of hydrogen-bond acceptors (Lipinski definition) is 4. The monoisotopic (exact) mass is 342 g/mol. The first-order valence-corrected chi connectivity index (χ1v) is 9.03. The van der Waals surface area contributed by atoms with Crippen LogP contribution >= 0.6 is 0 Å². The number of nitrogens with zero attached hydrogens (tertiary/aromatic N) is 2. The van der Waals surface area contributed by atoms with Crippen molar-refractivity contribution in [2.75, 3.05) is 6.61 Å². The van der Waals surface area contributed by atoms with Crippen LogP contribution in [0, 0.1) is 5.92 Å². The number of benzene rings is 1. The van der Waals surface area contributed by atoms with Crippen molar-refractivity contribution in [1.82, 2.24) is 9.55 Å². The Morgan fingerprint density at radius 2 is 2.16 bits per heavy atom. The SMILES string of the molecule is CC(C)n1cncc1C1CCCCC1COc1cccc(C=O)c1O. The Morgan fingerprint density at radius 3 is 2.92 bits per heavy atom. The van der Waals surface area contributed by atoms with Gasteiger partial charge in [-0.1, -0.05) is 18.9 Å². The molecule has 1 N–H and O–H groups in total. The molecule has 2 atom stereocenters. The molecule has 0 aliphatic heterocycles. The first-order valence-electron chi connectivity index (χ1n) is 9.03. The fourth-order valence-electron chi connectivity index (χ4n) is 3.78. The van der Waals surface area contributed by atoms with E-state index in [-0.39, 0.29) is 11.3 Å². The summed E-state index contributed by atoms with van der Waals surface area (Å²) in [6, 6.07) is 5.40. The number of rotatable bonds is 6. The van der Waals surface area contributed by atoms with Crippen LogP contribution in [0.15, 0.2) is 30.7 Å². The molecule has 1 saturated carbocycles. The van der Waals surface area contributed by atoms with Crippen molar-refractivity contribution in [3.63, 3.8) is 0 Å². The van der Waals surface area contributed by atoms with Crippen LogP contribution in [-0.2, 0) is 0 Å². The van der Waals surface area contributed by atoms with Gasteiger partial charge in [-0.2, -0.15) is 0 Å². The van der Waals surface area contributed by atoms with E-state index in [0.29, 0.717) is 36.5 Å². The van der Waals surface area contributed by atoms with Gasteiger partial charge in [-0.25, -0.2) is 4.98 Å². The Morgan fingerprint density at radius 1 is 1.36 bits per heavy atom. The van der Waals surface area contributed by atoms with E-state index in [1.165, 1.54) is 18.5 Å². The van der Waals surface area contributed by atoms with E-state index in [0.717, 1.165) is 12.8 Å². The number of carbonyl (C=O) groups excluding carboxylic acids is 1. The third-order valence-corrected chi connectivity index (χ3v) is 5.15. The lowest BCUT2D eigenvalue weighted by molar-refractivity contribution is 0.111. The van der Waals surface area contributed by atoms with E-state index >= 15 is 0 Å². The van der Waals surface area contributed by atoms with Crippen molar-refractivity contribution in [1.29, 1.82) is 0 Å². The minimum absolute atomic E-state index is 0.0721. The second-order valence-corrected chi connectivity index (χ2v) is 7.09. The summed E-state index contributed by atoms with van der Waals surface area (Å²) in [7, 11) is 0. The van der Waals surface area contributed by atoms with Crippen molar-refractivity contribution in [2.45, 2.75) is 51.5 Å². The van der Waals surface area contributed by atoms with Crippen LogP contribution in [0.25, 0.3) is 0 Å². The van der Waals surface area contributed by atoms with Crippen LogP contribution in [0.2, 0.25) is 0 Å². The van der Waals surface area contributed by atoms with Gasteiger partial charge in [0.15, 0.2) is 17.8 Å². The Balaban J connectivity index is 1.76. The van der Waals surface area contributed by atoms with Gasteiger partial charge >= 0.3 is 0 Å². The van der Waals surface area contributed by atoms with Crippen LogP contribution in [0.5, 0.6) is 11.5 Å². The molecule has 1 aromatic carbocycles. The lowest BCUT2D eigenvalue weighted by Crippen LogP contribution is -2.26. The first kappa shape index (κ1) is 17.5. The molecular formula is C20H26N2O3. The smallest absolute Gasteiger partial charge is 0.168 e. The number of aromatic hydroxyl groups is 1. The number of hydrogen-bond donors (Lipinski definition) is 1. The highest BCUT2D eigenvalue weighted by molar-refractivity contribution is 5.80. The van der Waals surface area contributed by atoms with E-state index in [1.54, 1.807) is 18.2 Å². The molecule has 134 valence electrons. The molecular weight excluding hydrogens is 316 g/mol. The van der Waals surface area contributed by atoms with Crippen LogP contribution in [0.3, 0.4) is 0 Å². The van der Waals surface area contributed by atoms with E-state index in [2.05, 4.69) is 23.4 Å². The molecule has 1 aromatic heterocycles. The summed E-state index contributed by atoms with van der Waals surface area (Å²) < 4.78 is 8.15. The molecule has 1 aliphatic rings. The summed E-state index contributed by atoms with van der Waals surface area (Å²) >= 11 is 0. The van der Waals surface area contributed by atoms with E-state index in [9.17, 15) is 9.90 Å². The van der Waals surface area contributed by atoms with E-state index in [4.69, 9.17) is 4.74 Å². The molecule has 0 bridgehead atoms. The summed E-state index contributed by atoms with van der Waals surface area (Å²) in [5.41, 5.74) is 1.53. The molecule has 1 heterocycles. The van der Waals surface area contributed by atoms with Gasteiger partial charge in [-0.05, 0) is 38.8 Å². The zero-order valence-electron chi connectivity index (χ0n) is 14.9. The Labute approximate surface area is 148 Å². The molecule has 0 radical (unpaired) electrons. The van der Waals surface area contributed by atoms with Crippen LogP contribution < -0.4 is 4.74 Å². The maximum atomic E-state index is 11.0. The summed E-state index contributed by atoms with van der Waals surface area (Å²) in [5.74, 6) is 1.10. The number of phenolic OH excluding ortho intramolecular Hbond substituents is 1. The highest BCUT2D eigenvalue weighted by atomic mass is 16.5. The molecule has 3 rings (SSSR count). The number of ether oxygens (including phenoxy) is 1. The number of carbonyl (C=O) groups is 1. The molecule has 0 spiro atoms. The number of phenols is 1. The standard InChI is InChI=1S/C20H26N2O3/c1-14(2)22-13-21-10-18(22)17-8-4-3-6-16(17)12-25-19-9-5-7-15(11-23)20(19)24/h5,7,9-11,13-14,16-17,24H,3-4,6,8,12H2,1-2H3. The minimum atomic E-state index is -0.0721. The predicted molar refractivity (Wildman–Crippen MR) is 96.3 cm³/mol. The molecule has 5 heteroatoms. The molecule has 1 fully saturated rings. The van der Waals surface area contributed by atoms with Gasteiger partial charge in [0.05, 0.1) is 18.5 Å².